The fourth-order valence-electron chi connectivity index (χ4n) is 3.08. The van der Waals surface area contributed by atoms with Crippen molar-refractivity contribution in [1.82, 2.24) is 9.88 Å². The van der Waals surface area contributed by atoms with Crippen molar-refractivity contribution in [2.45, 2.75) is 30.6 Å². The number of hydrogen-bond donors (Lipinski definition) is 0. The number of rotatable bonds is 9. The molecule has 0 aliphatic rings. The summed E-state index contributed by atoms with van der Waals surface area (Å²) in [6.07, 6.45) is 1.68. The molecule has 3 aromatic rings. The van der Waals surface area contributed by atoms with Crippen LogP contribution in [0.4, 0.5) is 0 Å². The summed E-state index contributed by atoms with van der Waals surface area (Å²) in [5.41, 5.74) is 1.54. The van der Waals surface area contributed by atoms with E-state index in [9.17, 15) is 8.42 Å². The van der Waals surface area contributed by atoms with E-state index in [1.807, 2.05) is 18.4 Å². The average Bonchev–Trinajstić information content (AvgIpc) is 3.26. The van der Waals surface area contributed by atoms with Gasteiger partial charge in [-0.25, -0.2) is 13.4 Å². The summed E-state index contributed by atoms with van der Waals surface area (Å²) < 4.78 is 32.8. The van der Waals surface area contributed by atoms with Gasteiger partial charge in [0.1, 0.15) is 17.4 Å². The molecule has 0 aliphatic carbocycles. The molecule has 5 nitrogen and oxygen atoms in total. The van der Waals surface area contributed by atoms with Crippen LogP contribution in [0.15, 0.2) is 63.8 Å². The highest BCUT2D eigenvalue weighted by molar-refractivity contribution is 7.91. The molecule has 0 bridgehead atoms. The number of aromatic nitrogens is 1. The number of ether oxygens (including phenoxy) is 1. The lowest BCUT2D eigenvalue weighted by Gasteiger charge is -2.19. The minimum Gasteiger partial charge on any atom is -0.491 e. The van der Waals surface area contributed by atoms with Crippen molar-refractivity contribution < 1.29 is 13.2 Å². The predicted molar refractivity (Wildman–Crippen MR) is 117 cm³/mol. The van der Waals surface area contributed by atoms with Crippen molar-refractivity contribution in [3.63, 3.8) is 0 Å². The van der Waals surface area contributed by atoms with E-state index in [-0.39, 0.29) is 9.79 Å². The maximum absolute atomic E-state index is 13.4. The topological polar surface area (TPSA) is 59.5 Å². The van der Waals surface area contributed by atoms with E-state index in [1.165, 1.54) is 11.3 Å². The van der Waals surface area contributed by atoms with Gasteiger partial charge >= 0.3 is 0 Å². The highest BCUT2D eigenvalue weighted by Gasteiger charge is 2.26. The molecule has 0 unspecified atom stereocenters. The van der Waals surface area contributed by atoms with Crippen LogP contribution >= 0.6 is 11.3 Å². The van der Waals surface area contributed by atoms with Crippen LogP contribution in [0.25, 0.3) is 10.6 Å². The fraction of sp³-hybridized carbons (Fsp3) is 0.318. The third-order valence-corrected chi connectivity index (χ3v) is 7.42. The second-order valence-corrected chi connectivity index (χ2v) is 9.47. The first kappa shape index (κ1) is 21.5. The molecule has 0 fully saturated rings. The van der Waals surface area contributed by atoms with Crippen LogP contribution in [-0.2, 0) is 9.84 Å². The number of likely N-dealkylation sites (N-methyl/N-ethyl adjacent to an activating group) is 1. The van der Waals surface area contributed by atoms with Crippen LogP contribution in [0.1, 0.15) is 19.4 Å². The highest BCUT2D eigenvalue weighted by Crippen LogP contribution is 2.39. The van der Waals surface area contributed by atoms with Gasteiger partial charge in [-0.15, -0.1) is 11.3 Å². The van der Waals surface area contributed by atoms with E-state index in [1.54, 1.807) is 42.6 Å². The van der Waals surface area contributed by atoms with Crippen molar-refractivity contribution in [3.05, 3.63) is 59.6 Å². The number of hydrogen-bond acceptors (Lipinski definition) is 6. The van der Waals surface area contributed by atoms with Gasteiger partial charge in [-0.1, -0.05) is 37.6 Å². The molecule has 154 valence electrons. The van der Waals surface area contributed by atoms with E-state index in [4.69, 9.17) is 4.74 Å². The molecule has 7 heteroatoms. The molecule has 29 heavy (non-hydrogen) atoms. The van der Waals surface area contributed by atoms with Crippen molar-refractivity contribution in [2.24, 2.45) is 0 Å². The summed E-state index contributed by atoms with van der Waals surface area (Å²) in [7, 11) is -3.71. The monoisotopic (exact) mass is 430 g/mol. The molecule has 0 amide bonds. The van der Waals surface area contributed by atoms with Crippen LogP contribution in [0.3, 0.4) is 0 Å². The lowest BCUT2D eigenvalue weighted by atomic mass is 10.2. The Balaban J connectivity index is 2.02. The molecule has 0 radical (unpaired) electrons. The molecule has 0 N–H and O–H groups in total. The zero-order valence-electron chi connectivity index (χ0n) is 17.0. The van der Waals surface area contributed by atoms with Crippen LogP contribution in [0.2, 0.25) is 0 Å². The third-order valence-electron chi connectivity index (χ3n) is 4.81. The predicted octanol–water partition coefficient (Wildman–Crippen LogP) is 4.67. The first-order valence-corrected chi connectivity index (χ1v) is 12.0. The van der Waals surface area contributed by atoms with E-state index >= 15 is 0 Å². The van der Waals surface area contributed by atoms with Crippen LogP contribution in [0, 0.1) is 6.92 Å². The molecular weight excluding hydrogens is 404 g/mol. The van der Waals surface area contributed by atoms with Crippen molar-refractivity contribution >= 4 is 21.2 Å². The van der Waals surface area contributed by atoms with Gasteiger partial charge in [0.05, 0.1) is 15.4 Å². The number of sulfone groups is 1. The number of thiazole rings is 1. The first-order valence-electron chi connectivity index (χ1n) is 9.67. The standard InChI is InChI=1S/C22H26N2O3S2/c1-4-24(5-2)14-15-27-19-7-6-8-20(21(19)22-23-13-16-28-22)29(25,26)18-11-9-17(3)10-12-18/h6-13,16H,4-5,14-15H2,1-3H3. The SMILES string of the molecule is CCN(CC)CCOc1cccc(S(=O)(=O)c2ccc(C)cc2)c1-c1nccs1. The summed E-state index contributed by atoms with van der Waals surface area (Å²) in [5, 5.41) is 2.47. The summed E-state index contributed by atoms with van der Waals surface area (Å²) in [4.78, 5) is 7.11. The lowest BCUT2D eigenvalue weighted by molar-refractivity contribution is 0.223. The molecule has 1 aromatic heterocycles. The summed E-state index contributed by atoms with van der Waals surface area (Å²) in [5.74, 6) is 0.542. The quantitative estimate of drug-likeness (QED) is 0.494. The van der Waals surface area contributed by atoms with Gasteiger partial charge in [-0.3, -0.25) is 0 Å². The Morgan fingerprint density at radius 1 is 1.07 bits per heavy atom. The minimum absolute atomic E-state index is 0.219. The van der Waals surface area contributed by atoms with Gasteiger partial charge in [0.15, 0.2) is 0 Å². The van der Waals surface area contributed by atoms with Crippen molar-refractivity contribution in [3.8, 4) is 16.3 Å². The maximum Gasteiger partial charge on any atom is 0.207 e. The molecule has 0 saturated heterocycles. The lowest BCUT2D eigenvalue weighted by Crippen LogP contribution is -2.28. The molecule has 2 aromatic carbocycles. The maximum atomic E-state index is 13.4. The largest absolute Gasteiger partial charge is 0.491 e. The molecule has 3 rings (SSSR count). The Kier molecular flexibility index (Phi) is 7.05. The third kappa shape index (κ3) is 4.86. The molecule has 0 aliphatic heterocycles. The summed E-state index contributed by atoms with van der Waals surface area (Å²) >= 11 is 1.40. The smallest absolute Gasteiger partial charge is 0.207 e. The summed E-state index contributed by atoms with van der Waals surface area (Å²) in [6.45, 7) is 9.30. The molecule has 0 atom stereocenters. The van der Waals surface area contributed by atoms with Gasteiger partial charge in [0, 0.05) is 18.1 Å². The molecule has 0 saturated carbocycles. The van der Waals surface area contributed by atoms with Crippen LogP contribution in [0.5, 0.6) is 5.75 Å². The Morgan fingerprint density at radius 3 is 2.41 bits per heavy atom. The summed E-state index contributed by atoms with van der Waals surface area (Å²) in [6, 6.07) is 12.1. The van der Waals surface area contributed by atoms with E-state index in [0.29, 0.717) is 22.9 Å². The Morgan fingerprint density at radius 2 is 1.79 bits per heavy atom. The van der Waals surface area contributed by atoms with Gasteiger partial charge in [0.2, 0.25) is 9.84 Å². The Labute approximate surface area is 176 Å². The highest BCUT2D eigenvalue weighted by atomic mass is 32.2. The number of aryl methyl sites for hydroxylation is 1. The number of nitrogens with zero attached hydrogens (tertiary/aromatic N) is 2. The van der Waals surface area contributed by atoms with E-state index in [2.05, 4.69) is 23.7 Å². The van der Waals surface area contributed by atoms with Crippen molar-refractivity contribution in [1.29, 1.82) is 0 Å². The Hall–Kier alpha value is -2.22. The van der Waals surface area contributed by atoms with Gasteiger partial charge < -0.3 is 9.64 Å². The molecule has 0 spiro atoms. The van der Waals surface area contributed by atoms with Gasteiger partial charge in [-0.2, -0.15) is 0 Å². The second-order valence-electron chi connectivity index (χ2n) is 6.66. The zero-order valence-corrected chi connectivity index (χ0v) is 18.6. The normalized spacial score (nSPS) is 11.7. The van der Waals surface area contributed by atoms with E-state index < -0.39 is 9.84 Å². The average molecular weight is 431 g/mol. The Bertz CT molecular complexity index is 1030. The van der Waals surface area contributed by atoms with Crippen LogP contribution in [-0.4, -0.2) is 44.5 Å². The first-order chi connectivity index (χ1) is 14.0. The minimum atomic E-state index is -3.71. The van der Waals surface area contributed by atoms with Crippen molar-refractivity contribution in [2.75, 3.05) is 26.2 Å². The zero-order chi connectivity index (χ0) is 20.9. The van der Waals surface area contributed by atoms with E-state index in [0.717, 1.165) is 25.2 Å². The second kappa shape index (κ2) is 9.52. The fourth-order valence-corrected chi connectivity index (χ4v) is 5.32. The van der Waals surface area contributed by atoms with Crippen LogP contribution < -0.4 is 4.74 Å². The van der Waals surface area contributed by atoms with Gasteiger partial charge in [0.25, 0.3) is 0 Å². The molecular formula is C22H26N2O3S2. The number of benzene rings is 2. The molecule has 1 heterocycles. The van der Waals surface area contributed by atoms with Gasteiger partial charge in [-0.05, 0) is 44.3 Å².